The molecular formula is C20H27N3O4S. The van der Waals surface area contributed by atoms with Crippen LogP contribution < -0.4 is 14.4 Å². The summed E-state index contributed by atoms with van der Waals surface area (Å²) in [5, 5.41) is 2.78. The van der Waals surface area contributed by atoms with E-state index < -0.39 is 16.1 Å². The number of carbonyl (C=O) groups excluding carboxylic acids is 1. The number of hydrogen-bond acceptors (Lipinski definition) is 4. The number of ether oxygens (including phenoxy) is 1. The van der Waals surface area contributed by atoms with Crippen LogP contribution in [0.1, 0.15) is 12.5 Å². The number of aryl methyl sites for hydroxylation is 1. The highest BCUT2D eigenvalue weighted by Gasteiger charge is 2.27. The minimum absolute atomic E-state index is 0.278. The molecule has 0 spiro atoms. The molecule has 0 heterocycles. The number of benzene rings is 2. The fraction of sp³-hybridized carbons (Fsp3) is 0.350. The predicted octanol–water partition coefficient (Wildman–Crippen LogP) is 2.19. The van der Waals surface area contributed by atoms with E-state index in [9.17, 15) is 13.2 Å². The van der Waals surface area contributed by atoms with Crippen molar-refractivity contribution in [3.05, 3.63) is 60.2 Å². The van der Waals surface area contributed by atoms with Crippen LogP contribution in [0.25, 0.3) is 0 Å². The number of amides is 1. The molecule has 7 nitrogen and oxygen atoms in total. The van der Waals surface area contributed by atoms with Crippen LogP contribution in [-0.2, 0) is 15.0 Å². The van der Waals surface area contributed by atoms with Crippen molar-refractivity contribution >= 4 is 21.8 Å². The molecule has 0 aromatic heterocycles. The summed E-state index contributed by atoms with van der Waals surface area (Å²) in [5.41, 5.74) is 1.56. The first kappa shape index (κ1) is 21.7. The van der Waals surface area contributed by atoms with Crippen molar-refractivity contribution in [2.24, 2.45) is 0 Å². The van der Waals surface area contributed by atoms with Gasteiger partial charge in [-0.3, -0.25) is 4.79 Å². The van der Waals surface area contributed by atoms with Crippen LogP contribution in [0.2, 0.25) is 0 Å². The lowest BCUT2D eigenvalue weighted by Crippen LogP contribution is -2.48. The molecular weight excluding hydrogens is 378 g/mol. The summed E-state index contributed by atoms with van der Waals surface area (Å²) in [6.45, 7) is 3.76. The zero-order valence-corrected chi connectivity index (χ0v) is 17.4. The molecule has 0 saturated carbocycles. The number of para-hydroxylation sites is 1. The van der Waals surface area contributed by atoms with Crippen molar-refractivity contribution in [2.45, 2.75) is 19.9 Å². The normalized spacial score (nSPS) is 12.5. The van der Waals surface area contributed by atoms with E-state index in [0.717, 1.165) is 14.2 Å². The van der Waals surface area contributed by atoms with E-state index in [-0.39, 0.29) is 19.2 Å². The maximum absolute atomic E-state index is 12.6. The van der Waals surface area contributed by atoms with Gasteiger partial charge in [-0.25, -0.2) is 4.31 Å². The standard InChI is InChI=1S/C20H27N3O4S/c1-16-10-12-19(13-11-16)27-15-17(2)21-20(24)14-23(28(25,26)22(3)4)18-8-6-5-7-9-18/h5-13,17H,14-15H2,1-4H3,(H,21,24)/t17-/m1/s1. The quantitative estimate of drug-likeness (QED) is 0.694. The molecule has 0 bridgehead atoms. The third kappa shape index (κ3) is 5.97. The summed E-state index contributed by atoms with van der Waals surface area (Å²) in [6.07, 6.45) is 0. The van der Waals surface area contributed by atoms with Crippen LogP contribution in [-0.4, -0.2) is 51.9 Å². The molecule has 2 aromatic carbocycles. The number of nitrogens with zero attached hydrogens (tertiary/aromatic N) is 2. The van der Waals surface area contributed by atoms with Gasteiger partial charge < -0.3 is 10.1 Å². The largest absolute Gasteiger partial charge is 0.491 e. The molecule has 1 amide bonds. The Kier molecular flexibility index (Phi) is 7.42. The lowest BCUT2D eigenvalue weighted by atomic mass is 10.2. The summed E-state index contributed by atoms with van der Waals surface area (Å²) in [4.78, 5) is 12.5. The van der Waals surface area contributed by atoms with Gasteiger partial charge in [-0.1, -0.05) is 35.9 Å². The van der Waals surface area contributed by atoms with Crippen molar-refractivity contribution < 1.29 is 17.9 Å². The molecule has 2 aromatic rings. The number of hydrogen-bond donors (Lipinski definition) is 1. The second-order valence-electron chi connectivity index (χ2n) is 6.72. The van der Waals surface area contributed by atoms with E-state index in [0.29, 0.717) is 11.4 Å². The summed E-state index contributed by atoms with van der Waals surface area (Å²) in [5.74, 6) is 0.307. The zero-order valence-electron chi connectivity index (χ0n) is 16.6. The van der Waals surface area contributed by atoms with Gasteiger partial charge >= 0.3 is 10.2 Å². The van der Waals surface area contributed by atoms with Gasteiger partial charge in [-0.05, 0) is 38.1 Å². The van der Waals surface area contributed by atoms with Crippen molar-refractivity contribution in [1.82, 2.24) is 9.62 Å². The molecule has 0 aliphatic heterocycles. The summed E-state index contributed by atoms with van der Waals surface area (Å²) < 4.78 is 33.1. The first-order valence-electron chi connectivity index (χ1n) is 8.94. The molecule has 2 rings (SSSR count). The number of carbonyl (C=O) groups is 1. The highest BCUT2D eigenvalue weighted by atomic mass is 32.2. The monoisotopic (exact) mass is 405 g/mol. The van der Waals surface area contributed by atoms with Gasteiger partial charge in [-0.2, -0.15) is 12.7 Å². The van der Waals surface area contributed by atoms with Crippen LogP contribution in [0.3, 0.4) is 0 Å². The molecule has 0 aliphatic carbocycles. The molecule has 0 unspecified atom stereocenters. The predicted molar refractivity (Wildman–Crippen MR) is 111 cm³/mol. The van der Waals surface area contributed by atoms with Gasteiger partial charge in [0.05, 0.1) is 11.7 Å². The second-order valence-corrected chi connectivity index (χ2v) is 8.79. The number of anilines is 1. The van der Waals surface area contributed by atoms with E-state index in [4.69, 9.17) is 4.74 Å². The summed E-state index contributed by atoms with van der Waals surface area (Å²) in [6, 6.07) is 15.9. The first-order chi connectivity index (χ1) is 13.2. The van der Waals surface area contributed by atoms with Crippen molar-refractivity contribution in [3.63, 3.8) is 0 Å². The van der Waals surface area contributed by atoms with Crippen molar-refractivity contribution in [3.8, 4) is 5.75 Å². The third-order valence-electron chi connectivity index (χ3n) is 4.00. The Labute approximate surface area is 167 Å². The third-order valence-corrected chi connectivity index (χ3v) is 5.82. The van der Waals surface area contributed by atoms with Gasteiger partial charge in [0.1, 0.15) is 18.9 Å². The number of nitrogens with one attached hydrogen (secondary N) is 1. The lowest BCUT2D eigenvalue weighted by molar-refractivity contribution is -0.120. The topological polar surface area (TPSA) is 79.0 Å². The highest BCUT2D eigenvalue weighted by Crippen LogP contribution is 2.18. The van der Waals surface area contributed by atoms with E-state index in [2.05, 4.69) is 5.32 Å². The maximum atomic E-state index is 12.6. The van der Waals surface area contributed by atoms with E-state index in [1.807, 2.05) is 31.2 Å². The Bertz CT molecular complexity index is 868. The van der Waals surface area contributed by atoms with Crippen LogP contribution in [0.4, 0.5) is 5.69 Å². The van der Waals surface area contributed by atoms with Gasteiger partial charge in [0.15, 0.2) is 0 Å². The van der Waals surface area contributed by atoms with Crippen LogP contribution in [0.15, 0.2) is 54.6 Å². The molecule has 0 saturated heterocycles. The molecule has 8 heteroatoms. The SMILES string of the molecule is Cc1ccc(OC[C@@H](C)NC(=O)CN(c2ccccc2)S(=O)(=O)N(C)C)cc1. The first-order valence-corrected chi connectivity index (χ1v) is 10.3. The van der Waals surface area contributed by atoms with E-state index in [1.54, 1.807) is 37.3 Å². The molecule has 28 heavy (non-hydrogen) atoms. The van der Waals surface area contributed by atoms with Crippen LogP contribution in [0.5, 0.6) is 5.75 Å². The average Bonchev–Trinajstić information content (AvgIpc) is 2.66. The molecule has 1 atom stereocenters. The minimum atomic E-state index is -3.81. The average molecular weight is 406 g/mol. The van der Waals surface area contributed by atoms with Crippen LogP contribution >= 0.6 is 0 Å². The second kappa shape index (κ2) is 9.57. The van der Waals surface area contributed by atoms with Gasteiger partial charge in [-0.15, -0.1) is 0 Å². The molecule has 1 N–H and O–H groups in total. The molecule has 152 valence electrons. The zero-order chi connectivity index (χ0) is 20.7. The smallest absolute Gasteiger partial charge is 0.304 e. The molecule has 0 fully saturated rings. The minimum Gasteiger partial charge on any atom is -0.491 e. The Hall–Kier alpha value is -2.58. The van der Waals surface area contributed by atoms with Crippen molar-refractivity contribution in [2.75, 3.05) is 31.6 Å². The lowest BCUT2D eigenvalue weighted by Gasteiger charge is -2.27. The van der Waals surface area contributed by atoms with Gasteiger partial charge in [0, 0.05) is 14.1 Å². The van der Waals surface area contributed by atoms with E-state index in [1.165, 1.54) is 14.1 Å². The Balaban J connectivity index is 2.00. The Morgan fingerprint density at radius 3 is 2.25 bits per heavy atom. The maximum Gasteiger partial charge on any atom is 0.304 e. The van der Waals surface area contributed by atoms with Crippen molar-refractivity contribution in [1.29, 1.82) is 0 Å². The highest BCUT2D eigenvalue weighted by molar-refractivity contribution is 7.90. The van der Waals surface area contributed by atoms with Gasteiger partial charge in [0.25, 0.3) is 0 Å². The van der Waals surface area contributed by atoms with Gasteiger partial charge in [0.2, 0.25) is 5.91 Å². The molecule has 0 radical (unpaired) electrons. The number of rotatable bonds is 9. The summed E-state index contributed by atoms with van der Waals surface area (Å²) >= 11 is 0. The van der Waals surface area contributed by atoms with Crippen LogP contribution in [0, 0.1) is 6.92 Å². The molecule has 0 aliphatic rings. The van der Waals surface area contributed by atoms with E-state index >= 15 is 0 Å². The fourth-order valence-electron chi connectivity index (χ4n) is 2.45. The Morgan fingerprint density at radius 2 is 1.68 bits per heavy atom. The summed E-state index contributed by atoms with van der Waals surface area (Å²) in [7, 11) is -0.944. The fourth-order valence-corrected chi connectivity index (χ4v) is 3.51. The Morgan fingerprint density at radius 1 is 1.07 bits per heavy atom.